The number of halogens is 15. The fraction of sp³-hybridized carbons (Fsp3) is 0.264. The zero-order valence-electron chi connectivity index (χ0n) is 46.6. The van der Waals surface area contributed by atoms with Crippen molar-refractivity contribution in [1.82, 2.24) is 34.9 Å². The second kappa shape index (κ2) is 36.7. The molecule has 0 saturated heterocycles. The third-order valence-corrected chi connectivity index (χ3v) is 9.64. The van der Waals surface area contributed by atoms with Crippen molar-refractivity contribution >= 4 is 46.0 Å². The van der Waals surface area contributed by atoms with Crippen LogP contribution >= 0.6 is 0 Å². The molecular formula is C53H42BF15Ir2N11O7S-3. The molecule has 0 atom stereocenters. The van der Waals surface area contributed by atoms with Gasteiger partial charge in [0.2, 0.25) is 11.4 Å². The Morgan fingerprint density at radius 2 is 0.767 bits per heavy atom. The van der Waals surface area contributed by atoms with E-state index in [-0.39, 0.29) is 86.5 Å². The van der Waals surface area contributed by atoms with Gasteiger partial charge in [0.1, 0.15) is 0 Å². The Hall–Kier alpha value is -7.93. The molecule has 90 heavy (non-hydrogen) atoms. The normalized spacial score (nSPS) is 10.9. The van der Waals surface area contributed by atoms with E-state index in [9.17, 15) is 65.9 Å². The number of aliphatic hydroxyl groups is 2. The number of aliphatic hydroxyl groups excluding tert-OH is 2. The average molecular weight is 1660 g/mol. The van der Waals surface area contributed by atoms with Crippen molar-refractivity contribution in [2.24, 2.45) is 0 Å². The van der Waals surface area contributed by atoms with Crippen LogP contribution in [0.1, 0.15) is 67.2 Å². The number of pyridine rings is 7. The van der Waals surface area contributed by atoms with Gasteiger partial charge in [-0.2, -0.15) is 65.9 Å². The average Bonchev–Trinajstić information content (AvgIpc) is 2.05. The first-order valence-corrected chi connectivity index (χ1v) is 24.9. The number of hydrogen-bond acceptors (Lipinski definition) is 14. The third-order valence-electron chi connectivity index (χ3n) is 9.07. The zero-order valence-corrected chi connectivity index (χ0v) is 52.2. The van der Waals surface area contributed by atoms with Gasteiger partial charge < -0.3 is 54.2 Å². The molecule has 0 bridgehead atoms. The van der Waals surface area contributed by atoms with Gasteiger partial charge in [0, 0.05) is 82.0 Å². The summed E-state index contributed by atoms with van der Waals surface area (Å²) in [5.41, 5.74) is -6.05. The van der Waals surface area contributed by atoms with Crippen LogP contribution in [0, 0.1) is 59.2 Å². The molecule has 7 aromatic heterocycles. The number of nitrogens with zero attached hydrogens (tertiary/aromatic N) is 11. The van der Waals surface area contributed by atoms with Gasteiger partial charge in [0.15, 0.2) is 21.5 Å². The predicted octanol–water partition coefficient (Wildman–Crippen LogP) is 12.8. The maximum Gasteiger partial charge on any atom is 0.485 e. The molecule has 0 saturated carbocycles. The SMILES string of the molecule is CC(C)O.CC(C)O.O=S(=O)([O-])C(F)(F)F.[C-]#[N+]c1nc(C(F)(F)F)c[c-]c1-c1cc(C)ccn1.[C-]#[N+]c1nc(C(F)(F)F)c[c-]c1-c1cc(C)ccn1.[C-]#[N+]c1nc(C(F)(F)F)ccc1-c1cc(C)ccn1.[C-]#[N+]c1nc(C(F)(F)F)ccc1B(O)O.[Ir].[Ir]. The van der Waals surface area contributed by atoms with Crippen LogP contribution in [0.5, 0.6) is 0 Å². The minimum Gasteiger partial charge on any atom is -0.741 e. The fourth-order valence-corrected chi connectivity index (χ4v) is 5.47. The summed E-state index contributed by atoms with van der Waals surface area (Å²) in [6, 6.07) is 20.1. The van der Waals surface area contributed by atoms with Crippen molar-refractivity contribution in [3.8, 4) is 33.8 Å². The molecule has 0 spiro atoms. The van der Waals surface area contributed by atoms with Crippen molar-refractivity contribution in [1.29, 1.82) is 0 Å². The number of aromatic nitrogens is 7. The van der Waals surface area contributed by atoms with E-state index >= 15 is 0 Å². The van der Waals surface area contributed by atoms with Crippen molar-refractivity contribution in [2.75, 3.05) is 0 Å². The fourth-order valence-electron chi connectivity index (χ4n) is 5.47. The molecule has 0 aliphatic rings. The van der Waals surface area contributed by atoms with Crippen LogP contribution in [0.3, 0.4) is 0 Å². The molecule has 0 unspecified atom stereocenters. The van der Waals surface area contributed by atoms with Crippen molar-refractivity contribution < 1.29 is 139 Å². The standard InChI is InChI=1S/C13H8F3N3.2C13H7F3N3.C7H4BF3N2O2.2C3H8O.CHF3O3S.2Ir/c3*1-8-5-6-18-10(7-8)9-3-4-11(13(14,15)16)19-12(9)17-2;1-12-6-4(8(14)15)2-3-5(13-6)7(9,10)11;2*1-3(2)4;2-1(3,4)8(5,6)7;;/h3-7H,1H3;2*4-7H,1H3;2-3,14-15H;2*3-4H,1-2H3;(H,5,6,7);;/q;2*-1;;;;;;/p-1. The molecule has 0 aliphatic carbocycles. The van der Waals surface area contributed by atoms with Crippen LogP contribution in [0.15, 0.2) is 91.4 Å². The molecule has 18 nitrogen and oxygen atoms in total. The monoisotopic (exact) mass is 1660 g/mol. The molecule has 0 fully saturated rings. The van der Waals surface area contributed by atoms with Crippen LogP contribution in [-0.2, 0) is 75.0 Å². The molecule has 0 aliphatic heterocycles. The summed E-state index contributed by atoms with van der Waals surface area (Å²) < 4.78 is 208. The van der Waals surface area contributed by atoms with E-state index in [0.29, 0.717) is 28.7 Å². The van der Waals surface area contributed by atoms with E-state index < -0.39 is 76.0 Å². The Balaban J connectivity index is 0. The Morgan fingerprint density at radius 3 is 1.04 bits per heavy atom. The summed E-state index contributed by atoms with van der Waals surface area (Å²) in [5.74, 6) is -1.67. The van der Waals surface area contributed by atoms with Crippen molar-refractivity contribution in [3.63, 3.8) is 0 Å². The van der Waals surface area contributed by atoms with E-state index in [1.807, 2.05) is 20.8 Å². The molecule has 2 radical (unpaired) electrons. The number of hydrogen-bond donors (Lipinski definition) is 4. The van der Waals surface area contributed by atoms with Gasteiger partial charge >= 0.3 is 49.0 Å². The maximum absolute atomic E-state index is 12.5. The second-order valence-electron chi connectivity index (χ2n) is 17.2. The summed E-state index contributed by atoms with van der Waals surface area (Å²) in [6.45, 7) is 39.7. The summed E-state index contributed by atoms with van der Waals surface area (Å²) >= 11 is 0. The van der Waals surface area contributed by atoms with E-state index in [4.69, 9.17) is 59.5 Å². The molecule has 7 heterocycles. The Morgan fingerprint density at radius 1 is 0.489 bits per heavy atom. The molecular weight excluding hydrogens is 1610 g/mol. The first kappa shape index (κ1) is 84.1. The van der Waals surface area contributed by atoms with Gasteiger partial charge in [-0.15, -0.1) is 32.1 Å². The van der Waals surface area contributed by atoms with E-state index in [1.54, 1.807) is 64.1 Å². The summed E-state index contributed by atoms with van der Waals surface area (Å²) in [6.07, 6.45) is -14.1. The number of aryl methyl sites for hydroxylation is 3. The van der Waals surface area contributed by atoms with Crippen LogP contribution in [-0.4, -0.2) is 93.0 Å². The Labute approximate surface area is 530 Å². The molecule has 4 N–H and O–H groups in total. The number of alkyl halides is 15. The van der Waals surface area contributed by atoms with Crippen LogP contribution in [0.4, 0.5) is 89.1 Å². The zero-order chi connectivity index (χ0) is 67.9. The molecule has 0 aromatic carbocycles. The minimum absolute atomic E-state index is 0. The molecule has 37 heteroatoms. The Bertz CT molecular complexity index is 3470. The molecule has 7 aromatic rings. The first-order chi connectivity index (χ1) is 40.3. The van der Waals surface area contributed by atoms with E-state index in [1.165, 1.54) is 24.7 Å². The Kier molecular flexibility index (Phi) is 34.3. The second-order valence-corrected chi connectivity index (χ2v) is 18.6. The third kappa shape index (κ3) is 29.1. The van der Waals surface area contributed by atoms with Crippen molar-refractivity contribution in [3.05, 3.63) is 189 Å². The van der Waals surface area contributed by atoms with Crippen LogP contribution < -0.4 is 5.46 Å². The summed E-state index contributed by atoms with van der Waals surface area (Å²) in [5, 5.41) is 33.6. The van der Waals surface area contributed by atoms with Gasteiger partial charge in [-0.3, -0.25) is 4.98 Å². The maximum atomic E-state index is 12.5. The van der Waals surface area contributed by atoms with E-state index in [2.05, 4.69) is 66.4 Å². The van der Waals surface area contributed by atoms with Gasteiger partial charge in [-0.05, 0) is 113 Å². The topological polar surface area (TPSA) is 246 Å². The first-order valence-electron chi connectivity index (χ1n) is 23.5. The quantitative estimate of drug-likeness (QED) is 0.0421. The predicted molar refractivity (Wildman–Crippen MR) is 284 cm³/mol. The van der Waals surface area contributed by atoms with Crippen LogP contribution in [0.2, 0.25) is 0 Å². The van der Waals surface area contributed by atoms with E-state index in [0.717, 1.165) is 41.0 Å². The van der Waals surface area contributed by atoms with Gasteiger partial charge in [0.25, 0.3) is 11.6 Å². The number of rotatable bonds is 4. The van der Waals surface area contributed by atoms with Gasteiger partial charge in [0.05, 0.1) is 5.69 Å². The smallest absolute Gasteiger partial charge is 0.485 e. The minimum atomic E-state index is -6.09. The summed E-state index contributed by atoms with van der Waals surface area (Å²) in [7, 11) is -8.10. The van der Waals surface area contributed by atoms with Gasteiger partial charge in [-0.1, -0.05) is 73.8 Å². The van der Waals surface area contributed by atoms with Crippen LogP contribution in [0.25, 0.3) is 53.2 Å². The molecule has 486 valence electrons. The molecule has 7 rings (SSSR count). The molecule has 0 amide bonds. The van der Waals surface area contributed by atoms with Gasteiger partial charge in [-0.25, -0.2) is 8.42 Å². The van der Waals surface area contributed by atoms with Crippen molar-refractivity contribution in [2.45, 2.75) is 90.9 Å². The largest absolute Gasteiger partial charge is 0.741 e. The summed E-state index contributed by atoms with van der Waals surface area (Å²) in [4.78, 5) is 36.8.